The van der Waals surface area contributed by atoms with Crippen LogP contribution in [0.25, 0.3) is 11.4 Å². The number of benzene rings is 2. The van der Waals surface area contributed by atoms with Gasteiger partial charge in [-0.25, -0.2) is 4.68 Å². The molecule has 0 saturated carbocycles. The molecule has 1 aliphatic heterocycles. The van der Waals surface area contributed by atoms with Crippen LogP contribution in [0, 0.1) is 0 Å². The van der Waals surface area contributed by atoms with Crippen LogP contribution < -0.4 is 15.6 Å². The number of nitrogens with one attached hydrogen (secondary N) is 1. The molecule has 0 bridgehead atoms. The number of aliphatic hydroxyl groups is 1. The van der Waals surface area contributed by atoms with E-state index >= 15 is 0 Å². The number of ether oxygens (including phenoxy) is 1. The minimum atomic E-state index is -1.00. The van der Waals surface area contributed by atoms with Gasteiger partial charge in [0, 0.05) is 36.0 Å². The first kappa shape index (κ1) is 28.3. The lowest BCUT2D eigenvalue weighted by Gasteiger charge is -2.21. The predicted octanol–water partition coefficient (Wildman–Crippen LogP) is 3.98. The van der Waals surface area contributed by atoms with E-state index in [4.69, 9.17) is 16.3 Å². The van der Waals surface area contributed by atoms with Crippen LogP contribution in [0.4, 0.5) is 0 Å². The average Bonchev–Trinajstić information content (AvgIpc) is 3.73. The molecule has 0 radical (unpaired) electrons. The zero-order valence-corrected chi connectivity index (χ0v) is 24.2. The second-order valence-electron chi connectivity index (χ2n) is 9.66. The van der Waals surface area contributed by atoms with Crippen LogP contribution >= 0.6 is 22.9 Å². The third kappa shape index (κ3) is 5.93. The second-order valence-corrected chi connectivity index (χ2v) is 11.4. The van der Waals surface area contributed by atoms with E-state index in [0.717, 1.165) is 0 Å². The molecule has 0 fully saturated rings. The van der Waals surface area contributed by atoms with Gasteiger partial charge in [-0.1, -0.05) is 41.1 Å². The van der Waals surface area contributed by atoms with E-state index in [0.29, 0.717) is 49.6 Å². The minimum absolute atomic E-state index is 0.149. The van der Waals surface area contributed by atoms with Crippen molar-refractivity contribution < 1.29 is 19.4 Å². The largest absolute Gasteiger partial charge is 0.491 e. The summed E-state index contributed by atoms with van der Waals surface area (Å²) in [6.07, 6.45) is 2.77. The Morgan fingerprint density at radius 3 is 2.70 bits per heavy atom. The van der Waals surface area contributed by atoms with Gasteiger partial charge in [0.15, 0.2) is 6.23 Å². The fourth-order valence-corrected chi connectivity index (χ4v) is 5.74. The molecule has 0 saturated heterocycles. The second kappa shape index (κ2) is 12.2. The minimum Gasteiger partial charge on any atom is -0.491 e. The predicted molar refractivity (Wildman–Crippen MR) is 160 cm³/mol. The SMILES string of the molecule is O=C(NCc1cn(-c2ccc(-n3ccccc3=O)cc2OCCCN2C(=O)c3ccccc3C2O)nn1)c1ccc(Cl)s1. The number of carbonyl (C=O) groups is 2. The Bertz CT molecular complexity index is 1870. The lowest BCUT2D eigenvalue weighted by atomic mass is 10.1. The molecule has 5 aromatic rings. The molecular formula is C30H25ClN6O5S. The van der Waals surface area contributed by atoms with Gasteiger partial charge < -0.3 is 20.1 Å². The number of thiophene rings is 1. The van der Waals surface area contributed by atoms with Crippen LogP contribution in [0.15, 0.2) is 90.0 Å². The van der Waals surface area contributed by atoms with Crippen LogP contribution in [-0.2, 0) is 6.54 Å². The molecule has 3 aromatic heterocycles. The highest BCUT2D eigenvalue weighted by Gasteiger charge is 2.34. The Morgan fingerprint density at radius 1 is 1.07 bits per heavy atom. The number of hydrogen-bond donors (Lipinski definition) is 2. The first-order valence-electron chi connectivity index (χ1n) is 13.4. The maximum atomic E-state index is 12.8. The molecule has 1 aliphatic rings. The van der Waals surface area contributed by atoms with Crippen molar-refractivity contribution >= 4 is 34.8 Å². The first-order chi connectivity index (χ1) is 20.9. The van der Waals surface area contributed by atoms with Crippen LogP contribution in [-0.4, -0.2) is 54.5 Å². The maximum absolute atomic E-state index is 12.8. The van der Waals surface area contributed by atoms with Crippen molar-refractivity contribution in [3.05, 3.63) is 122 Å². The number of aliphatic hydroxyl groups excluding tert-OH is 1. The summed E-state index contributed by atoms with van der Waals surface area (Å²) in [5.41, 5.74) is 2.56. The molecule has 2 amide bonds. The van der Waals surface area contributed by atoms with Crippen molar-refractivity contribution in [1.82, 2.24) is 29.8 Å². The summed E-state index contributed by atoms with van der Waals surface area (Å²) in [4.78, 5) is 39.6. The van der Waals surface area contributed by atoms with Crippen LogP contribution in [0.2, 0.25) is 4.34 Å². The third-order valence-electron chi connectivity index (χ3n) is 6.89. The number of hydrogen-bond acceptors (Lipinski definition) is 8. The molecule has 4 heterocycles. The van der Waals surface area contributed by atoms with Crippen LogP contribution in [0.5, 0.6) is 5.75 Å². The number of amides is 2. The molecule has 6 rings (SSSR count). The first-order valence-corrected chi connectivity index (χ1v) is 14.6. The molecular weight excluding hydrogens is 592 g/mol. The monoisotopic (exact) mass is 616 g/mol. The van der Waals surface area contributed by atoms with E-state index < -0.39 is 6.23 Å². The van der Waals surface area contributed by atoms with Crippen molar-refractivity contribution in [2.24, 2.45) is 0 Å². The zero-order valence-electron chi connectivity index (χ0n) is 22.6. The summed E-state index contributed by atoms with van der Waals surface area (Å²) < 4.78 is 9.71. The molecule has 13 heteroatoms. The van der Waals surface area contributed by atoms with Gasteiger partial charge in [0.2, 0.25) is 0 Å². The Kier molecular flexibility index (Phi) is 8.05. The number of rotatable bonds is 10. The average molecular weight is 617 g/mol. The van der Waals surface area contributed by atoms with E-state index in [1.54, 1.807) is 79.1 Å². The van der Waals surface area contributed by atoms with E-state index in [1.165, 1.54) is 31.6 Å². The summed E-state index contributed by atoms with van der Waals surface area (Å²) in [7, 11) is 0. The van der Waals surface area contributed by atoms with Gasteiger partial charge in [-0.15, -0.1) is 16.4 Å². The van der Waals surface area contributed by atoms with Crippen molar-refractivity contribution in [1.29, 1.82) is 0 Å². The third-order valence-corrected chi connectivity index (χ3v) is 8.12. The van der Waals surface area contributed by atoms with Gasteiger partial charge in [-0.2, -0.15) is 0 Å². The number of nitrogens with zero attached hydrogens (tertiary/aromatic N) is 5. The van der Waals surface area contributed by atoms with Crippen LogP contribution in [0.3, 0.4) is 0 Å². The highest BCUT2D eigenvalue weighted by atomic mass is 35.5. The maximum Gasteiger partial charge on any atom is 0.261 e. The molecule has 1 unspecified atom stereocenters. The van der Waals surface area contributed by atoms with Gasteiger partial charge >= 0.3 is 0 Å². The normalized spacial score (nSPS) is 14.1. The molecule has 1 atom stereocenters. The zero-order chi connectivity index (χ0) is 29.9. The summed E-state index contributed by atoms with van der Waals surface area (Å²) in [5.74, 6) is -0.0602. The lowest BCUT2D eigenvalue weighted by Crippen LogP contribution is -2.29. The lowest BCUT2D eigenvalue weighted by molar-refractivity contribution is 0.0158. The Morgan fingerprint density at radius 2 is 1.91 bits per heavy atom. The highest BCUT2D eigenvalue weighted by molar-refractivity contribution is 7.18. The summed E-state index contributed by atoms with van der Waals surface area (Å²) in [5, 5.41) is 21.8. The van der Waals surface area contributed by atoms with E-state index in [2.05, 4.69) is 15.6 Å². The van der Waals surface area contributed by atoms with E-state index in [1.807, 2.05) is 0 Å². The van der Waals surface area contributed by atoms with Crippen molar-refractivity contribution in [3.63, 3.8) is 0 Å². The molecule has 11 nitrogen and oxygen atoms in total. The number of aromatic nitrogens is 4. The van der Waals surface area contributed by atoms with Crippen molar-refractivity contribution in [3.8, 4) is 17.1 Å². The van der Waals surface area contributed by atoms with Gasteiger partial charge in [0.05, 0.1) is 34.2 Å². The van der Waals surface area contributed by atoms with Gasteiger partial charge in [0.25, 0.3) is 17.4 Å². The molecule has 2 aromatic carbocycles. The van der Waals surface area contributed by atoms with E-state index in [-0.39, 0.29) is 37.1 Å². The van der Waals surface area contributed by atoms with Crippen molar-refractivity contribution in [2.75, 3.05) is 13.2 Å². The standard InChI is InChI=1S/C30H25ClN6O5S/c31-26-12-11-25(43-26)28(39)32-17-19-18-37(34-33-19)23-10-9-20(35-13-4-3-8-27(35)38)16-24(23)42-15-5-14-36-29(40)21-6-1-2-7-22(21)30(36)41/h1-4,6-13,16,18,29,40H,5,14-15,17H2,(H,32,39). The summed E-state index contributed by atoms with van der Waals surface area (Å²) in [6, 6.07) is 20.5. The fraction of sp³-hybridized carbons (Fsp3) is 0.167. The Labute approximate surface area is 254 Å². The van der Waals surface area contributed by atoms with Crippen LogP contribution in [0.1, 0.15) is 43.9 Å². The van der Waals surface area contributed by atoms with Gasteiger partial charge in [0.1, 0.15) is 17.1 Å². The summed E-state index contributed by atoms with van der Waals surface area (Å²) >= 11 is 7.12. The number of fused-ring (bicyclic) bond motifs is 1. The van der Waals surface area contributed by atoms with Gasteiger partial charge in [-0.3, -0.25) is 19.0 Å². The quantitative estimate of drug-likeness (QED) is 0.227. The molecule has 0 aliphatic carbocycles. The smallest absolute Gasteiger partial charge is 0.261 e. The molecule has 0 spiro atoms. The van der Waals surface area contributed by atoms with E-state index in [9.17, 15) is 19.5 Å². The summed E-state index contributed by atoms with van der Waals surface area (Å²) in [6.45, 7) is 0.648. The molecule has 2 N–H and O–H groups in total. The van der Waals surface area contributed by atoms with Crippen molar-refractivity contribution in [2.45, 2.75) is 19.2 Å². The number of carbonyl (C=O) groups excluding carboxylic acids is 2. The molecule has 43 heavy (non-hydrogen) atoms. The number of halogens is 1. The Balaban J connectivity index is 1.18. The Hall–Kier alpha value is -4.78. The number of pyridine rings is 1. The fourth-order valence-electron chi connectivity index (χ4n) is 4.78. The highest BCUT2D eigenvalue weighted by Crippen LogP contribution is 2.31. The van der Waals surface area contributed by atoms with Gasteiger partial charge in [-0.05, 0) is 42.8 Å². The topological polar surface area (TPSA) is 132 Å². The molecule has 218 valence electrons.